The van der Waals surface area contributed by atoms with Gasteiger partial charge in [-0.25, -0.2) is 0 Å². The zero-order valence-electron chi connectivity index (χ0n) is 9.92. The smallest absolute Gasteiger partial charge is 0.120 e. The van der Waals surface area contributed by atoms with E-state index >= 15 is 0 Å². The molecule has 0 unspecified atom stereocenters. The first-order chi connectivity index (χ1) is 7.13. The van der Waals surface area contributed by atoms with Gasteiger partial charge in [0.1, 0.15) is 6.29 Å². The molecule has 15 heavy (non-hydrogen) atoms. The van der Waals surface area contributed by atoms with Gasteiger partial charge in [0.15, 0.2) is 0 Å². The molecule has 0 amide bonds. The van der Waals surface area contributed by atoms with Gasteiger partial charge in [-0.05, 0) is 36.8 Å². The molecule has 1 heteroatoms. The van der Waals surface area contributed by atoms with Crippen LogP contribution in [0, 0.1) is 6.92 Å². The van der Waals surface area contributed by atoms with Gasteiger partial charge in [-0.1, -0.05) is 37.6 Å². The van der Waals surface area contributed by atoms with Gasteiger partial charge in [-0.2, -0.15) is 0 Å². The van der Waals surface area contributed by atoms with Gasteiger partial charge in [0.25, 0.3) is 0 Å². The van der Waals surface area contributed by atoms with Crippen LogP contribution in [0.5, 0.6) is 0 Å². The Morgan fingerprint density at radius 1 is 1.27 bits per heavy atom. The fourth-order valence-corrected chi connectivity index (χ4v) is 1.76. The van der Waals surface area contributed by atoms with E-state index in [-0.39, 0.29) is 0 Å². The van der Waals surface area contributed by atoms with Crippen molar-refractivity contribution in [1.29, 1.82) is 0 Å². The molecule has 82 valence electrons. The van der Waals surface area contributed by atoms with Crippen molar-refractivity contribution in [2.45, 2.75) is 46.0 Å². The molecule has 0 aliphatic rings. The standard InChI is InChI=1S/C14H20O/c1-11(2)14-9-12(3)8-13(10-14)6-4-5-7-15/h7-11H,4-6H2,1-3H3. The summed E-state index contributed by atoms with van der Waals surface area (Å²) in [4.78, 5) is 10.2. The van der Waals surface area contributed by atoms with E-state index in [0.717, 1.165) is 19.1 Å². The van der Waals surface area contributed by atoms with Crippen LogP contribution >= 0.6 is 0 Å². The Morgan fingerprint density at radius 2 is 2.00 bits per heavy atom. The van der Waals surface area contributed by atoms with Crippen LogP contribution in [0.1, 0.15) is 49.3 Å². The van der Waals surface area contributed by atoms with E-state index in [4.69, 9.17) is 0 Å². The van der Waals surface area contributed by atoms with E-state index in [2.05, 4.69) is 39.0 Å². The van der Waals surface area contributed by atoms with Crippen molar-refractivity contribution in [2.24, 2.45) is 0 Å². The van der Waals surface area contributed by atoms with Crippen molar-refractivity contribution in [3.05, 3.63) is 34.9 Å². The monoisotopic (exact) mass is 204 g/mol. The second-order valence-corrected chi connectivity index (χ2v) is 4.47. The van der Waals surface area contributed by atoms with Gasteiger partial charge < -0.3 is 4.79 Å². The van der Waals surface area contributed by atoms with Gasteiger partial charge in [-0.15, -0.1) is 0 Å². The summed E-state index contributed by atoms with van der Waals surface area (Å²) < 4.78 is 0. The lowest BCUT2D eigenvalue weighted by Gasteiger charge is -2.09. The van der Waals surface area contributed by atoms with E-state index in [1.165, 1.54) is 16.7 Å². The third-order valence-electron chi connectivity index (χ3n) is 2.61. The lowest BCUT2D eigenvalue weighted by molar-refractivity contribution is -0.107. The number of carbonyl (C=O) groups is 1. The van der Waals surface area contributed by atoms with E-state index in [1.807, 2.05) is 0 Å². The number of hydrogen-bond donors (Lipinski definition) is 0. The van der Waals surface area contributed by atoms with E-state index in [1.54, 1.807) is 0 Å². The van der Waals surface area contributed by atoms with Gasteiger partial charge in [-0.3, -0.25) is 0 Å². The van der Waals surface area contributed by atoms with Gasteiger partial charge >= 0.3 is 0 Å². The summed E-state index contributed by atoms with van der Waals surface area (Å²) >= 11 is 0. The summed E-state index contributed by atoms with van der Waals surface area (Å²) in [6, 6.07) is 6.73. The molecule has 0 N–H and O–H groups in total. The Bertz CT molecular complexity index is 326. The maximum Gasteiger partial charge on any atom is 0.120 e. The first-order valence-corrected chi connectivity index (χ1v) is 5.67. The zero-order chi connectivity index (χ0) is 11.3. The fraction of sp³-hybridized carbons (Fsp3) is 0.500. The molecule has 0 spiro atoms. The van der Waals surface area contributed by atoms with Gasteiger partial charge in [0, 0.05) is 6.42 Å². The Morgan fingerprint density at radius 3 is 2.60 bits per heavy atom. The average Bonchev–Trinajstić information content (AvgIpc) is 2.17. The van der Waals surface area contributed by atoms with Crippen molar-refractivity contribution in [3.63, 3.8) is 0 Å². The highest BCUT2D eigenvalue weighted by Crippen LogP contribution is 2.19. The summed E-state index contributed by atoms with van der Waals surface area (Å²) in [5, 5.41) is 0. The fourth-order valence-electron chi connectivity index (χ4n) is 1.76. The topological polar surface area (TPSA) is 17.1 Å². The highest BCUT2D eigenvalue weighted by molar-refractivity contribution is 5.49. The molecule has 0 fully saturated rings. The van der Waals surface area contributed by atoms with Crippen molar-refractivity contribution in [3.8, 4) is 0 Å². The molecule has 1 aromatic rings. The number of aryl methyl sites for hydroxylation is 2. The van der Waals surface area contributed by atoms with Crippen LogP contribution in [-0.4, -0.2) is 6.29 Å². The van der Waals surface area contributed by atoms with E-state index < -0.39 is 0 Å². The van der Waals surface area contributed by atoms with Crippen LogP contribution in [0.2, 0.25) is 0 Å². The molecular weight excluding hydrogens is 184 g/mol. The second-order valence-electron chi connectivity index (χ2n) is 4.47. The zero-order valence-corrected chi connectivity index (χ0v) is 9.92. The molecule has 0 radical (unpaired) electrons. The normalized spacial score (nSPS) is 10.7. The van der Waals surface area contributed by atoms with Crippen LogP contribution in [0.15, 0.2) is 18.2 Å². The first kappa shape index (κ1) is 12.0. The molecule has 1 nitrogen and oxygen atoms in total. The predicted molar refractivity (Wildman–Crippen MR) is 64.3 cm³/mol. The maximum atomic E-state index is 10.2. The molecule has 1 aromatic carbocycles. The highest BCUT2D eigenvalue weighted by atomic mass is 16.1. The number of unbranched alkanes of at least 4 members (excludes halogenated alkanes) is 1. The van der Waals surface area contributed by atoms with E-state index in [0.29, 0.717) is 12.3 Å². The van der Waals surface area contributed by atoms with Crippen molar-refractivity contribution in [1.82, 2.24) is 0 Å². The lowest BCUT2D eigenvalue weighted by atomic mass is 9.96. The minimum Gasteiger partial charge on any atom is -0.303 e. The largest absolute Gasteiger partial charge is 0.303 e. The van der Waals surface area contributed by atoms with Crippen molar-refractivity contribution < 1.29 is 4.79 Å². The van der Waals surface area contributed by atoms with Crippen LogP contribution in [0.3, 0.4) is 0 Å². The molecule has 0 bridgehead atoms. The van der Waals surface area contributed by atoms with Gasteiger partial charge in [0.2, 0.25) is 0 Å². The summed E-state index contributed by atoms with van der Waals surface area (Å²) in [6.07, 6.45) is 3.65. The Labute approximate surface area is 92.5 Å². The SMILES string of the molecule is Cc1cc(CCCC=O)cc(C(C)C)c1. The minimum atomic E-state index is 0.578. The second kappa shape index (κ2) is 5.69. The van der Waals surface area contributed by atoms with Crippen LogP contribution in [0.25, 0.3) is 0 Å². The van der Waals surface area contributed by atoms with Crippen LogP contribution in [-0.2, 0) is 11.2 Å². The quantitative estimate of drug-likeness (QED) is 0.528. The maximum absolute atomic E-state index is 10.2. The van der Waals surface area contributed by atoms with Crippen LogP contribution < -0.4 is 0 Å². The summed E-state index contributed by atoms with van der Waals surface area (Å²) in [5.74, 6) is 0.578. The average molecular weight is 204 g/mol. The molecule has 1 rings (SSSR count). The highest BCUT2D eigenvalue weighted by Gasteiger charge is 2.02. The Balaban J connectivity index is 2.74. The predicted octanol–water partition coefficient (Wildman–Crippen LogP) is 3.64. The molecule has 0 saturated heterocycles. The molecule has 0 heterocycles. The molecule has 0 atom stereocenters. The minimum absolute atomic E-state index is 0.578. The lowest BCUT2D eigenvalue weighted by Crippen LogP contribution is -1.93. The van der Waals surface area contributed by atoms with Gasteiger partial charge in [0.05, 0.1) is 0 Å². The number of hydrogen-bond acceptors (Lipinski definition) is 1. The Kier molecular flexibility index (Phi) is 4.54. The summed E-state index contributed by atoms with van der Waals surface area (Å²) in [5.41, 5.74) is 4.08. The summed E-state index contributed by atoms with van der Waals surface area (Å²) in [6.45, 7) is 6.56. The number of aldehydes is 1. The Hall–Kier alpha value is -1.11. The van der Waals surface area contributed by atoms with Crippen molar-refractivity contribution in [2.75, 3.05) is 0 Å². The molecule has 0 aliphatic carbocycles. The van der Waals surface area contributed by atoms with Crippen LogP contribution in [0.4, 0.5) is 0 Å². The molecular formula is C14H20O. The number of benzene rings is 1. The summed E-state index contributed by atoms with van der Waals surface area (Å²) in [7, 11) is 0. The van der Waals surface area contributed by atoms with Crippen molar-refractivity contribution >= 4 is 6.29 Å². The first-order valence-electron chi connectivity index (χ1n) is 5.67. The molecule has 0 aromatic heterocycles. The molecule has 0 aliphatic heterocycles. The van der Waals surface area contributed by atoms with E-state index in [9.17, 15) is 4.79 Å². The number of carbonyl (C=O) groups excluding carboxylic acids is 1. The third-order valence-corrected chi connectivity index (χ3v) is 2.61. The molecule has 0 saturated carbocycles. The number of rotatable bonds is 5. The third kappa shape index (κ3) is 3.86.